The summed E-state index contributed by atoms with van der Waals surface area (Å²) in [6, 6.07) is -3.83. The highest BCUT2D eigenvalue weighted by Gasteiger charge is 2.70. The molecule has 5 rings (SSSR count). The zero-order chi connectivity index (χ0) is 34.3. The summed E-state index contributed by atoms with van der Waals surface area (Å²) in [5.74, 6) is -3.80. The van der Waals surface area contributed by atoms with E-state index in [1.54, 1.807) is 0 Å². The van der Waals surface area contributed by atoms with E-state index in [1.807, 2.05) is 20.8 Å². The van der Waals surface area contributed by atoms with Crippen molar-refractivity contribution in [3.63, 3.8) is 0 Å². The molecule has 0 aromatic carbocycles. The molecule has 0 spiro atoms. The summed E-state index contributed by atoms with van der Waals surface area (Å²) in [6.07, 6.45) is 10.8. The van der Waals surface area contributed by atoms with Crippen molar-refractivity contribution in [3.05, 3.63) is 24.3 Å². The number of piperidine rings is 1. The lowest BCUT2D eigenvalue weighted by Crippen LogP contribution is -2.62. The maximum absolute atomic E-state index is 14.5. The van der Waals surface area contributed by atoms with Crippen LogP contribution in [0, 0.1) is 34.5 Å². The number of hydrogen-bond donors (Lipinski definition) is 4. The van der Waals surface area contributed by atoms with Crippen LogP contribution in [-0.2, 0) is 24.0 Å². The van der Waals surface area contributed by atoms with Gasteiger partial charge in [-0.05, 0) is 53.8 Å². The Morgan fingerprint density at radius 1 is 0.979 bits per heavy atom. The van der Waals surface area contributed by atoms with Crippen molar-refractivity contribution in [1.29, 1.82) is 0 Å². The first-order valence-electron chi connectivity index (χ1n) is 16.9. The molecule has 1 aromatic heterocycles. The van der Waals surface area contributed by atoms with Gasteiger partial charge in [-0.2, -0.15) is 0 Å². The van der Waals surface area contributed by atoms with Gasteiger partial charge in [0.25, 0.3) is 11.8 Å². The molecule has 13 nitrogen and oxygen atoms in total. The van der Waals surface area contributed by atoms with Crippen LogP contribution in [0.4, 0.5) is 0 Å². The van der Waals surface area contributed by atoms with Crippen LogP contribution in [0.3, 0.4) is 0 Å². The minimum atomic E-state index is -1.10. The molecule has 3 aliphatic carbocycles. The molecule has 256 valence electrons. The zero-order valence-corrected chi connectivity index (χ0v) is 28.1. The third-order valence-corrected chi connectivity index (χ3v) is 10.8. The van der Waals surface area contributed by atoms with E-state index in [9.17, 15) is 28.8 Å². The van der Waals surface area contributed by atoms with E-state index in [1.165, 1.54) is 23.5 Å². The number of Topliss-reactive ketones (excluding diaryl/α,β-unsaturated/α-hetero) is 1. The van der Waals surface area contributed by atoms with Crippen LogP contribution in [0.1, 0.15) is 96.5 Å². The van der Waals surface area contributed by atoms with Crippen molar-refractivity contribution in [2.45, 2.75) is 110 Å². The van der Waals surface area contributed by atoms with E-state index < -0.39 is 64.9 Å². The highest BCUT2D eigenvalue weighted by Crippen LogP contribution is 2.65. The number of carbonyl (C=O) groups excluding carboxylic acids is 6. The van der Waals surface area contributed by atoms with Gasteiger partial charge in [0, 0.05) is 18.9 Å². The molecule has 1 aromatic rings. The molecule has 6 atom stereocenters. The molecular weight excluding hydrogens is 602 g/mol. The highest BCUT2D eigenvalue weighted by molar-refractivity contribution is 6.37. The molecule has 4 fully saturated rings. The van der Waals surface area contributed by atoms with Gasteiger partial charge < -0.3 is 26.6 Å². The summed E-state index contributed by atoms with van der Waals surface area (Å²) in [5, 5.41) is 8.63. The predicted molar refractivity (Wildman–Crippen MR) is 171 cm³/mol. The van der Waals surface area contributed by atoms with Crippen LogP contribution in [-0.4, -0.2) is 80.9 Å². The summed E-state index contributed by atoms with van der Waals surface area (Å²) in [4.78, 5) is 89.6. The molecule has 1 aliphatic heterocycles. The van der Waals surface area contributed by atoms with Crippen molar-refractivity contribution in [2.24, 2.45) is 40.2 Å². The molecule has 2 heterocycles. The maximum Gasteiger partial charge on any atom is 0.287 e. The average Bonchev–Trinajstić information content (AvgIpc) is 3.89. The second-order valence-corrected chi connectivity index (χ2v) is 15.6. The lowest BCUT2D eigenvalue weighted by Gasteiger charge is -2.39. The largest absolute Gasteiger partial charge is 0.363 e. The van der Waals surface area contributed by atoms with Gasteiger partial charge in [0.1, 0.15) is 23.8 Å². The van der Waals surface area contributed by atoms with Gasteiger partial charge in [-0.15, -0.1) is 0 Å². The summed E-state index contributed by atoms with van der Waals surface area (Å²) in [7, 11) is 0. The Kier molecular flexibility index (Phi) is 9.75. The first kappa shape index (κ1) is 34.4. The molecule has 1 saturated heterocycles. The van der Waals surface area contributed by atoms with Crippen molar-refractivity contribution in [2.75, 3.05) is 6.54 Å². The SMILES string of the molecule is CC(C)(C)C(NC(=O)C(NC(=O)c1cnccn1)C1CCCCC1)C(=O)N1CC2C(C1C(=O)NC(CC1CC1)C(=O)C(N)=O)C2(C)C. The summed E-state index contributed by atoms with van der Waals surface area (Å²) < 4.78 is 0. The molecule has 47 heavy (non-hydrogen) atoms. The van der Waals surface area contributed by atoms with Crippen LogP contribution in [0.15, 0.2) is 18.6 Å². The number of primary amides is 1. The summed E-state index contributed by atoms with van der Waals surface area (Å²) >= 11 is 0. The van der Waals surface area contributed by atoms with E-state index >= 15 is 0 Å². The number of nitrogens with one attached hydrogen (secondary N) is 3. The Bertz CT molecular complexity index is 1400. The summed E-state index contributed by atoms with van der Waals surface area (Å²) in [5.41, 5.74) is 4.45. The molecule has 0 bridgehead atoms. The number of ketones is 1. The fraction of sp³-hybridized carbons (Fsp3) is 0.706. The number of rotatable bonds is 12. The van der Waals surface area contributed by atoms with Crippen molar-refractivity contribution >= 4 is 35.3 Å². The Labute approximate surface area is 276 Å². The lowest BCUT2D eigenvalue weighted by atomic mass is 9.82. The maximum atomic E-state index is 14.5. The van der Waals surface area contributed by atoms with Crippen molar-refractivity contribution in [1.82, 2.24) is 30.8 Å². The molecule has 6 unspecified atom stereocenters. The monoisotopic (exact) mass is 651 g/mol. The summed E-state index contributed by atoms with van der Waals surface area (Å²) in [6.45, 7) is 9.96. The first-order valence-corrected chi connectivity index (χ1v) is 16.9. The van der Waals surface area contributed by atoms with Gasteiger partial charge in [-0.3, -0.25) is 33.8 Å². The number of amides is 5. The standard InChI is InChI=1S/C34H49N7O6/c1-33(2,3)27(40-30(45)24(19-9-7-6-8-10-19)39-29(44)22-16-36-13-14-37-22)32(47)41-17-20-23(34(20,4)5)25(41)31(46)38-21(15-18-11-12-18)26(42)28(35)43/h13-14,16,18-21,23-25,27H,6-12,15,17H2,1-5H3,(H2,35,43)(H,38,46)(H,39,44)(H,40,45). The van der Waals surface area contributed by atoms with E-state index in [2.05, 4.69) is 39.8 Å². The quantitative estimate of drug-likeness (QED) is 0.244. The lowest BCUT2D eigenvalue weighted by molar-refractivity contribution is -0.146. The number of hydrogen-bond acceptors (Lipinski definition) is 8. The molecule has 0 radical (unpaired) electrons. The van der Waals surface area contributed by atoms with Crippen LogP contribution in [0.25, 0.3) is 0 Å². The number of carbonyl (C=O) groups is 6. The van der Waals surface area contributed by atoms with E-state index in [0.29, 0.717) is 13.0 Å². The first-order chi connectivity index (χ1) is 22.1. The topological polar surface area (TPSA) is 194 Å². The van der Waals surface area contributed by atoms with Gasteiger partial charge >= 0.3 is 0 Å². The second-order valence-electron chi connectivity index (χ2n) is 15.6. The minimum absolute atomic E-state index is 0.0634. The highest BCUT2D eigenvalue weighted by atomic mass is 16.2. The van der Waals surface area contributed by atoms with Gasteiger partial charge in [-0.25, -0.2) is 4.98 Å². The van der Waals surface area contributed by atoms with Gasteiger partial charge in [0.15, 0.2) is 0 Å². The molecular formula is C34H49N7O6. The number of nitrogens with zero attached hydrogens (tertiary/aromatic N) is 3. The molecule has 3 saturated carbocycles. The third kappa shape index (κ3) is 7.49. The third-order valence-electron chi connectivity index (χ3n) is 10.8. The van der Waals surface area contributed by atoms with Crippen molar-refractivity contribution in [3.8, 4) is 0 Å². The molecule has 5 amide bonds. The van der Waals surface area contributed by atoms with E-state index in [0.717, 1.165) is 44.9 Å². The number of likely N-dealkylation sites (tertiary alicyclic amines) is 1. The van der Waals surface area contributed by atoms with Crippen LogP contribution >= 0.6 is 0 Å². The fourth-order valence-electron chi connectivity index (χ4n) is 7.70. The van der Waals surface area contributed by atoms with Gasteiger partial charge in [0.05, 0.1) is 12.2 Å². The Morgan fingerprint density at radius 3 is 2.23 bits per heavy atom. The molecule has 13 heteroatoms. The van der Waals surface area contributed by atoms with Gasteiger partial charge in [-0.1, -0.05) is 66.7 Å². The van der Waals surface area contributed by atoms with Crippen LogP contribution < -0.4 is 21.7 Å². The Balaban J connectivity index is 1.37. The minimum Gasteiger partial charge on any atom is -0.363 e. The average molecular weight is 652 g/mol. The smallest absolute Gasteiger partial charge is 0.287 e. The Hall–Kier alpha value is -3.90. The predicted octanol–water partition coefficient (Wildman–Crippen LogP) is 1.51. The van der Waals surface area contributed by atoms with Crippen molar-refractivity contribution < 1.29 is 28.8 Å². The Morgan fingerprint density at radius 2 is 1.66 bits per heavy atom. The normalized spacial score (nSPS) is 25.5. The van der Waals surface area contributed by atoms with Gasteiger partial charge in [0.2, 0.25) is 23.5 Å². The fourth-order valence-corrected chi connectivity index (χ4v) is 7.70. The second kappa shape index (κ2) is 13.3. The van der Waals surface area contributed by atoms with E-state index in [-0.39, 0.29) is 34.8 Å². The molecule has 5 N–H and O–H groups in total. The number of fused-ring (bicyclic) bond motifs is 1. The molecule has 4 aliphatic rings. The number of aromatic nitrogens is 2. The van der Waals surface area contributed by atoms with Crippen LogP contribution in [0.2, 0.25) is 0 Å². The van der Waals surface area contributed by atoms with Crippen LogP contribution in [0.5, 0.6) is 0 Å². The zero-order valence-electron chi connectivity index (χ0n) is 28.1. The number of nitrogens with two attached hydrogens (primary N) is 1. The van der Waals surface area contributed by atoms with E-state index in [4.69, 9.17) is 5.73 Å².